The second-order valence-corrected chi connectivity index (χ2v) is 4.18. The molecule has 0 saturated carbocycles. The van der Waals surface area contributed by atoms with Gasteiger partial charge >= 0.3 is 18.9 Å². The third-order valence-corrected chi connectivity index (χ3v) is 2.01. The minimum atomic E-state index is 0. The first-order chi connectivity index (χ1) is 2.56. The molecule has 0 atom stereocenters. The second-order valence-electron chi connectivity index (χ2n) is 2.39. The molecule has 0 nitrogen and oxygen atoms in total. The summed E-state index contributed by atoms with van der Waals surface area (Å²) in [5.74, 6) is 0. The van der Waals surface area contributed by atoms with Crippen molar-refractivity contribution in [2.45, 2.75) is 25.9 Å². The molecule has 0 saturated heterocycles. The Balaban J connectivity index is 0. The van der Waals surface area contributed by atoms with E-state index in [1.807, 2.05) is 0 Å². The molecule has 0 fully saturated rings. The van der Waals surface area contributed by atoms with Crippen LogP contribution in [0.1, 0.15) is 20.8 Å². The van der Waals surface area contributed by atoms with Gasteiger partial charge in [-0.1, -0.05) is 20.8 Å². The van der Waals surface area contributed by atoms with Crippen molar-refractivity contribution in [2.75, 3.05) is 6.66 Å². The summed E-state index contributed by atoms with van der Waals surface area (Å²) in [7, 11) is 1.47. The molecule has 0 radical (unpaired) electrons. The van der Waals surface area contributed by atoms with Gasteiger partial charge in [0.15, 0.2) is 0 Å². The zero-order valence-electron chi connectivity index (χ0n) is 5.95. The number of hydrogen-bond acceptors (Lipinski definition) is 0. The van der Waals surface area contributed by atoms with E-state index in [0.717, 1.165) is 0 Å². The van der Waals surface area contributed by atoms with Gasteiger partial charge in [0, 0.05) is 0 Å². The summed E-state index contributed by atoms with van der Waals surface area (Å²) in [6.07, 6.45) is 0. The zero-order chi connectivity index (χ0) is 5.21. The minimum absolute atomic E-state index is 0. The van der Waals surface area contributed by atoms with Crippen LogP contribution < -0.4 is 18.9 Å². The summed E-state index contributed by atoms with van der Waals surface area (Å²) in [5.41, 5.74) is 0. The van der Waals surface area contributed by atoms with Gasteiger partial charge in [-0.25, -0.2) is 0 Å². The molecule has 0 spiro atoms. The Kier molecular flexibility index (Phi) is 6.18. The molecule has 0 unspecified atom stereocenters. The van der Waals surface area contributed by atoms with Crippen molar-refractivity contribution in [3.05, 3.63) is 0 Å². The van der Waals surface area contributed by atoms with Gasteiger partial charge in [0.25, 0.3) is 0 Å². The maximum Gasteiger partial charge on any atom is 1.00 e. The van der Waals surface area contributed by atoms with Crippen molar-refractivity contribution < 1.29 is 18.9 Å². The van der Waals surface area contributed by atoms with Gasteiger partial charge in [0.05, 0.1) is 0 Å². The smallest absolute Gasteiger partial charge is 0.537 e. The topological polar surface area (TPSA) is 0 Å². The summed E-state index contributed by atoms with van der Waals surface area (Å²) < 4.78 is 0. The van der Waals surface area contributed by atoms with E-state index >= 15 is 0 Å². The van der Waals surface area contributed by atoms with Crippen molar-refractivity contribution in [1.29, 1.82) is 0 Å². The summed E-state index contributed by atoms with van der Waals surface area (Å²) >= 11 is 0. The van der Waals surface area contributed by atoms with Gasteiger partial charge in [-0.2, -0.15) is 11.8 Å². The minimum Gasteiger partial charge on any atom is -0.537 e. The molecule has 0 aliphatic rings. The van der Waals surface area contributed by atoms with Crippen LogP contribution in [0.2, 0.25) is 0 Å². The first kappa shape index (κ1) is 10.9. The van der Waals surface area contributed by atoms with Crippen LogP contribution in [0.3, 0.4) is 0 Å². The first-order valence-electron chi connectivity index (χ1n) is 2.17. The molecule has 0 aliphatic carbocycles. The quantitative estimate of drug-likeness (QED) is 0.287. The van der Waals surface area contributed by atoms with Crippen molar-refractivity contribution >= 4 is 8.58 Å². The molecule has 0 heterocycles. The van der Waals surface area contributed by atoms with Crippen molar-refractivity contribution in [1.82, 2.24) is 0 Å². The Morgan fingerprint density at radius 2 is 1.29 bits per heavy atom. The second kappa shape index (κ2) is 3.96. The van der Waals surface area contributed by atoms with Crippen LogP contribution in [-0.2, 0) is 0 Å². The SMILES string of the molecule is C[P-]C(C)(C)C.[Li+]. The molecule has 2 heteroatoms. The maximum atomic E-state index is 2.23. The summed E-state index contributed by atoms with van der Waals surface area (Å²) in [5, 5.41) is 0.514. The Morgan fingerprint density at radius 1 is 1.14 bits per heavy atom. The monoisotopic (exact) mass is 110 g/mol. The average molecular weight is 110 g/mol. The Bertz CT molecular complexity index is 37.8. The fourth-order valence-electron chi connectivity index (χ4n) is 0. The standard InChI is InChI=1S/C5H12P.Li/c1-5(2,3)6-4;/h1-4H3;/q-1;+1. The molecule has 38 valence electrons. The van der Waals surface area contributed by atoms with Crippen LogP contribution in [0.15, 0.2) is 0 Å². The van der Waals surface area contributed by atoms with Crippen molar-refractivity contribution in [3.8, 4) is 0 Å². The Labute approximate surface area is 60.4 Å². The molecule has 0 aliphatic heterocycles. The normalized spacial score (nSPS) is 12.0. The van der Waals surface area contributed by atoms with Crippen LogP contribution in [0.25, 0.3) is 0 Å². The van der Waals surface area contributed by atoms with E-state index in [2.05, 4.69) is 27.4 Å². The molecule has 0 amide bonds. The molecular formula is C5H12LiP. The summed E-state index contributed by atoms with van der Waals surface area (Å²) in [4.78, 5) is 0. The van der Waals surface area contributed by atoms with E-state index in [9.17, 15) is 0 Å². The summed E-state index contributed by atoms with van der Waals surface area (Å²) in [6, 6.07) is 0. The molecule has 0 rings (SSSR count). The van der Waals surface area contributed by atoms with Gasteiger partial charge in [-0.3, -0.25) is 0 Å². The molecule has 0 aromatic heterocycles. The third-order valence-electron chi connectivity index (χ3n) is 0.671. The average Bonchev–Trinajstić information content (AvgIpc) is 1.35. The molecule has 7 heavy (non-hydrogen) atoms. The largest absolute Gasteiger partial charge is 1.00 e. The fourth-order valence-corrected chi connectivity index (χ4v) is 0. The molecular weight excluding hydrogens is 98.0 g/mol. The van der Waals surface area contributed by atoms with Crippen molar-refractivity contribution in [3.63, 3.8) is 0 Å². The van der Waals surface area contributed by atoms with Crippen molar-refractivity contribution in [2.24, 2.45) is 0 Å². The zero-order valence-corrected chi connectivity index (χ0v) is 6.84. The van der Waals surface area contributed by atoms with E-state index in [0.29, 0.717) is 5.16 Å². The van der Waals surface area contributed by atoms with Crippen LogP contribution >= 0.6 is 8.58 Å². The van der Waals surface area contributed by atoms with Crippen LogP contribution in [0, 0.1) is 0 Å². The third kappa shape index (κ3) is 11.0. The Morgan fingerprint density at radius 3 is 1.29 bits per heavy atom. The van der Waals surface area contributed by atoms with E-state index in [1.165, 1.54) is 8.58 Å². The first-order valence-corrected chi connectivity index (χ1v) is 3.51. The Hall–Kier alpha value is 1.03. The predicted molar refractivity (Wildman–Crippen MR) is 32.6 cm³/mol. The van der Waals surface area contributed by atoms with E-state index in [-0.39, 0.29) is 18.9 Å². The van der Waals surface area contributed by atoms with Gasteiger partial charge < -0.3 is 8.58 Å². The molecule has 0 aromatic rings. The molecule has 0 bridgehead atoms. The fraction of sp³-hybridized carbons (Fsp3) is 1.00. The molecule has 0 N–H and O–H groups in total. The van der Waals surface area contributed by atoms with E-state index in [4.69, 9.17) is 0 Å². The van der Waals surface area contributed by atoms with Gasteiger partial charge in [-0.15, -0.1) is 0 Å². The van der Waals surface area contributed by atoms with E-state index in [1.54, 1.807) is 0 Å². The van der Waals surface area contributed by atoms with Crippen LogP contribution in [-0.4, -0.2) is 11.8 Å². The summed E-state index contributed by atoms with van der Waals surface area (Å²) in [6.45, 7) is 8.87. The van der Waals surface area contributed by atoms with Crippen LogP contribution in [0.5, 0.6) is 0 Å². The van der Waals surface area contributed by atoms with E-state index < -0.39 is 0 Å². The van der Waals surface area contributed by atoms with Gasteiger partial charge in [0.1, 0.15) is 0 Å². The van der Waals surface area contributed by atoms with Crippen LogP contribution in [0.4, 0.5) is 0 Å². The van der Waals surface area contributed by atoms with Gasteiger partial charge in [-0.05, 0) is 0 Å². The number of rotatable bonds is 0. The number of hydrogen-bond donors (Lipinski definition) is 0. The molecule has 0 aromatic carbocycles. The van der Waals surface area contributed by atoms with Gasteiger partial charge in [0.2, 0.25) is 0 Å². The maximum absolute atomic E-state index is 2.23. The predicted octanol–water partition coefficient (Wildman–Crippen LogP) is -0.635.